The maximum absolute atomic E-state index is 12.6. The first kappa shape index (κ1) is 15.6. The largest absolute Gasteiger partial charge is 0.377 e. The molecule has 2 aromatic rings. The van der Waals surface area contributed by atoms with Crippen LogP contribution in [0.3, 0.4) is 0 Å². The van der Waals surface area contributed by atoms with E-state index in [0.29, 0.717) is 11.9 Å². The Bertz CT molecular complexity index is 681. The van der Waals surface area contributed by atoms with Crippen LogP contribution in [0, 0.1) is 5.92 Å². The number of carbonyl (C=O) groups excluding carboxylic acids is 1. The minimum absolute atomic E-state index is 0.0198. The molecule has 0 bridgehead atoms. The fourth-order valence-corrected chi connectivity index (χ4v) is 4.16. The fraction of sp³-hybridized carbons (Fsp3) is 0.500. The minimum atomic E-state index is -0.119. The number of aromatic nitrogens is 3. The number of likely N-dealkylation sites (tertiary alicyclic amines) is 1. The molecule has 8 heteroatoms. The molecule has 2 aliphatic heterocycles. The lowest BCUT2D eigenvalue weighted by Crippen LogP contribution is -2.51. The third kappa shape index (κ3) is 3.31. The number of rotatable bonds is 4. The van der Waals surface area contributed by atoms with Gasteiger partial charge in [0.05, 0.1) is 24.8 Å². The molecule has 2 fully saturated rings. The van der Waals surface area contributed by atoms with Crippen LogP contribution in [0.4, 0.5) is 5.82 Å². The topological polar surface area (TPSA) is 80.2 Å². The van der Waals surface area contributed by atoms with E-state index in [4.69, 9.17) is 4.74 Å². The second-order valence-electron chi connectivity index (χ2n) is 6.13. The van der Waals surface area contributed by atoms with Gasteiger partial charge < -0.3 is 10.1 Å². The molecular formula is C16H19N5O2S. The van der Waals surface area contributed by atoms with E-state index in [9.17, 15) is 4.79 Å². The number of amides is 1. The van der Waals surface area contributed by atoms with Crippen molar-refractivity contribution in [2.24, 2.45) is 5.92 Å². The number of carbonyl (C=O) groups is 1. The van der Waals surface area contributed by atoms with Gasteiger partial charge in [-0.1, -0.05) is 0 Å². The second-order valence-corrected chi connectivity index (χ2v) is 7.11. The lowest BCUT2D eigenvalue weighted by atomic mass is 9.89. The average molecular weight is 345 g/mol. The van der Waals surface area contributed by atoms with Gasteiger partial charge in [0.25, 0.3) is 0 Å². The van der Waals surface area contributed by atoms with Gasteiger partial charge in [0, 0.05) is 43.2 Å². The standard InChI is InChI=1S/C16H19N5O2S/c22-16(20-14-8-17-2-3-18-14)11-7-13-12(1-5-23-13)21(9-11)10-15-19-4-6-24-15/h2-4,6,8,11-13H,1,5,7,9-10H2,(H,18,20,22)/t11-,12+,13+/m1/s1. The smallest absolute Gasteiger partial charge is 0.230 e. The Kier molecular flexibility index (Phi) is 4.50. The zero-order valence-corrected chi connectivity index (χ0v) is 14.0. The van der Waals surface area contributed by atoms with E-state index >= 15 is 0 Å². The van der Waals surface area contributed by atoms with Gasteiger partial charge in [0.1, 0.15) is 5.01 Å². The monoisotopic (exact) mass is 345 g/mol. The molecule has 126 valence electrons. The van der Waals surface area contributed by atoms with Gasteiger partial charge in [-0.25, -0.2) is 9.97 Å². The molecule has 4 heterocycles. The number of fused-ring (bicyclic) bond motifs is 1. The zero-order chi connectivity index (χ0) is 16.4. The van der Waals surface area contributed by atoms with E-state index in [1.165, 1.54) is 0 Å². The van der Waals surface area contributed by atoms with Crippen molar-refractivity contribution in [3.05, 3.63) is 35.2 Å². The van der Waals surface area contributed by atoms with Crippen LogP contribution in [0.5, 0.6) is 0 Å². The Hall–Kier alpha value is -1.90. The summed E-state index contributed by atoms with van der Waals surface area (Å²) in [5, 5.41) is 5.93. The molecule has 0 saturated carbocycles. The number of anilines is 1. The van der Waals surface area contributed by atoms with Crippen LogP contribution in [0.1, 0.15) is 17.8 Å². The number of hydrogen-bond acceptors (Lipinski definition) is 7. The Morgan fingerprint density at radius 2 is 2.33 bits per heavy atom. The first-order valence-electron chi connectivity index (χ1n) is 8.10. The summed E-state index contributed by atoms with van der Waals surface area (Å²) in [6, 6.07) is 0.384. The van der Waals surface area contributed by atoms with Crippen molar-refractivity contribution < 1.29 is 9.53 Å². The Balaban J connectivity index is 1.46. The van der Waals surface area contributed by atoms with Crippen molar-refractivity contribution in [3.63, 3.8) is 0 Å². The lowest BCUT2D eigenvalue weighted by Gasteiger charge is -2.39. The molecule has 24 heavy (non-hydrogen) atoms. The summed E-state index contributed by atoms with van der Waals surface area (Å²) < 4.78 is 5.87. The van der Waals surface area contributed by atoms with Gasteiger partial charge in [-0.2, -0.15) is 0 Å². The summed E-state index contributed by atoms with van der Waals surface area (Å²) in [6.07, 6.45) is 8.44. The van der Waals surface area contributed by atoms with Gasteiger partial charge in [-0.15, -0.1) is 11.3 Å². The highest BCUT2D eigenvalue weighted by molar-refractivity contribution is 7.09. The lowest BCUT2D eigenvalue weighted by molar-refractivity contribution is -0.124. The van der Waals surface area contributed by atoms with E-state index in [2.05, 4.69) is 25.2 Å². The number of piperidine rings is 1. The van der Waals surface area contributed by atoms with E-state index in [1.54, 1.807) is 29.9 Å². The minimum Gasteiger partial charge on any atom is -0.377 e. The van der Waals surface area contributed by atoms with Crippen molar-refractivity contribution >= 4 is 23.1 Å². The van der Waals surface area contributed by atoms with Crippen LogP contribution < -0.4 is 5.32 Å². The summed E-state index contributed by atoms with van der Waals surface area (Å²) in [5.41, 5.74) is 0. The molecule has 1 amide bonds. The number of thiazole rings is 1. The van der Waals surface area contributed by atoms with Crippen LogP contribution in [0.2, 0.25) is 0 Å². The SMILES string of the molecule is O=C(Nc1cnccn1)[C@@H]1C[C@@H]2OCC[C@@H]2N(Cc2nccs2)C1. The Morgan fingerprint density at radius 3 is 3.12 bits per heavy atom. The van der Waals surface area contributed by atoms with Crippen LogP contribution in [0.25, 0.3) is 0 Å². The molecule has 0 unspecified atom stereocenters. The van der Waals surface area contributed by atoms with Crippen molar-refractivity contribution in [1.29, 1.82) is 0 Å². The van der Waals surface area contributed by atoms with Gasteiger partial charge >= 0.3 is 0 Å². The summed E-state index contributed by atoms with van der Waals surface area (Å²) >= 11 is 1.65. The predicted molar refractivity (Wildman–Crippen MR) is 89.4 cm³/mol. The zero-order valence-electron chi connectivity index (χ0n) is 13.2. The molecule has 1 N–H and O–H groups in total. The summed E-state index contributed by atoms with van der Waals surface area (Å²) in [6.45, 7) is 2.26. The quantitative estimate of drug-likeness (QED) is 0.906. The highest BCUT2D eigenvalue weighted by Gasteiger charge is 2.42. The summed E-state index contributed by atoms with van der Waals surface area (Å²) in [7, 11) is 0. The predicted octanol–water partition coefficient (Wildman–Crippen LogP) is 1.55. The van der Waals surface area contributed by atoms with Crippen LogP contribution in [-0.4, -0.2) is 51.1 Å². The maximum atomic E-state index is 12.6. The third-order valence-electron chi connectivity index (χ3n) is 4.62. The van der Waals surface area contributed by atoms with Crippen LogP contribution in [0.15, 0.2) is 30.2 Å². The molecule has 2 saturated heterocycles. The second kappa shape index (κ2) is 6.92. The maximum Gasteiger partial charge on any atom is 0.230 e. The van der Waals surface area contributed by atoms with Crippen LogP contribution in [-0.2, 0) is 16.1 Å². The molecule has 7 nitrogen and oxygen atoms in total. The molecule has 0 radical (unpaired) electrons. The summed E-state index contributed by atoms with van der Waals surface area (Å²) in [4.78, 5) is 27.5. The van der Waals surface area contributed by atoms with Crippen molar-refractivity contribution in [2.75, 3.05) is 18.5 Å². The number of ether oxygens (including phenoxy) is 1. The number of nitrogens with one attached hydrogen (secondary N) is 1. The fourth-order valence-electron chi connectivity index (χ4n) is 3.52. The molecule has 2 aromatic heterocycles. The molecule has 3 atom stereocenters. The van der Waals surface area contributed by atoms with Crippen LogP contribution >= 0.6 is 11.3 Å². The average Bonchev–Trinajstić information content (AvgIpc) is 3.27. The highest BCUT2D eigenvalue weighted by atomic mass is 32.1. The van der Waals surface area contributed by atoms with Gasteiger partial charge in [0.15, 0.2) is 5.82 Å². The molecule has 0 aliphatic carbocycles. The Morgan fingerprint density at radius 1 is 1.38 bits per heavy atom. The van der Waals surface area contributed by atoms with E-state index in [-0.39, 0.29) is 17.9 Å². The molecule has 0 spiro atoms. The molecule has 4 rings (SSSR count). The highest BCUT2D eigenvalue weighted by Crippen LogP contribution is 2.33. The van der Waals surface area contributed by atoms with Gasteiger partial charge in [0.2, 0.25) is 5.91 Å². The third-order valence-corrected chi connectivity index (χ3v) is 5.39. The van der Waals surface area contributed by atoms with Gasteiger partial charge in [-0.3, -0.25) is 14.7 Å². The van der Waals surface area contributed by atoms with Crippen molar-refractivity contribution in [3.8, 4) is 0 Å². The first-order chi connectivity index (χ1) is 11.8. The number of hydrogen-bond donors (Lipinski definition) is 1. The molecular weight excluding hydrogens is 326 g/mol. The number of nitrogens with zero attached hydrogens (tertiary/aromatic N) is 4. The first-order valence-corrected chi connectivity index (χ1v) is 8.98. The normalized spacial score (nSPS) is 26.9. The van der Waals surface area contributed by atoms with E-state index < -0.39 is 0 Å². The van der Waals surface area contributed by atoms with E-state index in [0.717, 1.165) is 37.5 Å². The molecule has 2 aliphatic rings. The Labute approximate surface area is 144 Å². The van der Waals surface area contributed by atoms with Crippen molar-refractivity contribution in [2.45, 2.75) is 31.5 Å². The van der Waals surface area contributed by atoms with Gasteiger partial charge in [-0.05, 0) is 12.8 Å². The van der Waals surface area contributed by atoms with E-state index in [1.807, 2.05) is 11.6 Å². The molecule has 0 aromatic carbocycles. The summed E-state index contributed by atoms with van der Waals surface area (Å²) in [5.74, 6) is 0.350. The van der Waals surface area contributed by atoms with Crippen molar-refractivity contribution in [1.82, 2.24) is 19.9 Å².